The van der Waals surface area contributed by atoms with Crippen molar-refractivity contribution in [2.24, 2.45) is 0 Å². The zero-order valence-electron chi connectivity index (χ0n) is 9.27. The summed E-state index contributed by atoms with van der Waals surface area (Å²) in [6.45, 7) is 6.09. The van der Waals surface area contributed by atoms with Gasteiger partial charge in [0.25, 0.3) is 5.91 Å². The van der Waals surface area contributed by atoms with E-state index in [9.17, 15) is 4.79 Å². The molecular weight excluding hydrogens is 306 g/mol. The highest BCUT2D eigenvalue weighted by molar-refractivity contribution is 9.10. The molecule has 0 N–H and O–H groups in total. The van der Waals surface area contributed by atoms with Crippen molar-refractivity contribution in [2.45, 2.75) is 24.3 Å². The van der Waals surface area contributed by atoms with E-state index >= 15 is 0 Å². The third-order valence-corrected chi connectivity index (χ3v) is 5.57. The van der Waals surface area contributed by atoms with E-state index in [0.29, 0.717) is 10.5 Å². The molecule has 0 aromatic carbocycles. The Morgan fingerprint density at radius 3 is 2.56 bits per heavy atom. The summed E-state index contributed by atoms with van der Waals surface area (Å²) in [7, 11) is 0. The average Bonchev–Trinajstić information content (AvgIpc) is 2.62. The van der Waals surface area contributed by atoms with E-state index in [-0.39, 0.29) is 5.91 Å². The van der Waals surface area contributed by atoms with Crippen LogP contribution in [-0.4, -0.2) is 34.4 Å². The number of hydrogen-bond donors (Lipinski definition) is 0. The zero-order valence-corrected chi connectivity index (χ0v) is 12.5. The van der Waals surface area contributed by atoms with Crippen molar-refractivity contribution in [3.05, 3.63) is 20.8 Å². The van der Waals surface area contributed by atoms with Gasteiger partial charge in [-0.05, 0) is 27.4 Å². The van der Waals surface area contributed by atoms with Gasteiger partial charge in [0.1, 0.15) is 4.88 Å². The lowest BCUT2D eigenvalue weighted by molar-refractivity contribution is 0.0757. The lowest BCUT2D eigenvalue weighted by Crippen LogP contribution is -2.43. The standard InChI is InChI=1S/C11H14BrNOS2/c1-7-5-13(6-8(2)16-7)11(14)10-9(12)3-4-15-10/h3-4,7-8H,5-6H2,1-2H3. The lowest BCUT2D eigenvalue weighted by Gasteiger charge is -2.34. The fraction of sp³-hybridized carbons (Fsp3) is 0.545. The molecule has 0 aliphatic carbocycles. The van der Waals surface area contributed by atoms with Crippen molar-refractivity contribution < 1.29 is 4.79 Å². The first-order valence-electron chi connectivity index (χ1n) is 5.25. The van der Waals surface area contributed by atoms with Crippen LogP contribution in [0.25, 0.3) is 0 Å². The summed E-state index contributed by atoms with van der Waals surface area (Å²) in [6, 6.07) is 1.93. The van der Waals surface area contributed by atoms with Crippen LogP contribution < -0.4 is 0 Å². The van der Waals surface area contributed by atoms with Crippen LogP contribution in [0.5, 0.6) is 0 Å². The molecule has 1 saturated heterocycles. The van der Waals surface area contributed by atoms with E-state index in [1.54, 1.807) is 0 Å². The van der Waals surface area contributed by atoms with Crippen molar-refractivity contribution in [1.82, 2.24) is 4.90 Å². The highest BCUT2D eigenvalue weighted by Gasteiger charge is 2.27. The van der Waals surface area contributed by atoms with Crippen LogP contribution in [0.4, 0.5) is 0 Å². The van der Waals surface area contributed by atoms with Gasteiger partial charge in [-0.25, -0.2) is 0 Å². The SMILES string of the molecule is CC1CN(C(=O)c2sccc2Br)CC(C)S1. The molecule has 2 heterocycles. The number of halogens is 1. The molecule has 0 radical (unpaired) electrons. The normalized spacial score (nSPS) is 25.8. The quantitative estimate of drug-likeness (QED) is 0.790. The van der Waals surface area contributed by atoms with Crippen LogP contribution in [-0.2, 0) is 0 Å². The lowest BCUT2D eigenvalue weighted by atomic mass is 10.3. The first-order chi connectivity index (χ1) is 7.58. The Bertz CT molecular complexity index is 383. The molecule has 16 heavy (non-hydrogen) atoms. The van der Waals surface area contributed by atoms with Gasteiger partial charge in [-0.1, -0.05) is 13.8 Å². The first kappa shape index (κ1) is 12.5. The van der Waals surface area contributed by atoms with Gasteiger partial charge < -0.3 is 4.90 Å². The number of hydrogen-bond acceptors (Lipinski definition) is 3. The van der Waals surface area contributed by atoms with Crippen LogP contribution in [0.3, 0.4) is 0 Å². The van der Waals surface area contributed by atoms with Gasteiger partial charge in [-0.2, -0.15) is 11.8 Å². The van der Waals surface area contributed by atoms with Gasteiger partial charge >= 0.3 is 0 Å². The molecule has 2 rings (SSSR count). The molecule has 1 fully saturated rings. The van der Waals surface area contributed by atoms with Gasteiger partial charge in [0.2, 0.25) is 0 Å². The van der Waals surface area contributed by atoms with Crippen molar-refractivity contribution in [3.8, 4) is 0 Å². The van der Waals surface area contributed by atoms with Gasteiger partial charge in [-0.3, -0.25) is 4.79 Å². The number of thiophene rings is 1. The van der Waals surface area contributed by atoms with Gasteiger partial charge in [-0.15, -0.1) is 11.3 Å². The molecule has 1 aliphatic heterocycles. The van der Waals surface area contributed by atoms with E-state index in [1.807, 2.05) is 28.1 Å². The number of carbonyl (C=O) groups is 1. The Labute approximate surface area is 113 Å². The second-order valence-electron chi connectivity index (χ2n) is 4.07. The number of nitrogens with zero attached hydrogens (tertiary/aromatic N) is 1. The van der Waals surface area contributed by atoms with E-state index in [1.165, 1.54) is 11.3 Å². The molecule has 2 nitrogen and oxygen atoms in total. The third kappa shape index (κ3) is 2.63. The van der Waals surface area contributed by atoms with Crippen molar-refractivity contribution >= 4 is 44.9 Å². The molecule has 1 aliphatic rings. The second-order valence-corrected chi connectivity index (χ2v) is 7.72. The molecule has 5 heteroatoms. The number of rotatable bonds is 1. The second kappa shape index (κ2) is 5.10. The smallest absolute Gasteiger partial charge is 0.265 e. The Hall–Kier alpha value is -0.000000000000000111. The average molecular weight is 320 g/mol. The largest absolute Gasteiger partial charge is 0.336 e. The Morgan fingerprint density at radius 2 is 2.06 bits per heavy atom. The minimum Gasteiger partial charge on any atom is -0.336 e. The van der Waals surface area contributed by atoms with Crippen molar-refractivity contribution in [3.63, 3.8) is 0 Å². The topological polar surface area (TPSA) is 20.3 Å². The number of carbonyl (C=O) groups excluding carboxylic acids is 1. The highest BCUT2D eigenvalue weighted by atomic mass is 79.9. The molecule has 0 spiro atoms. The fourth-order valence-electron chi connectivity index (χ4n) is 1.93. The molecule has 1 aromatic heterocycles. The van der Waals surface area contributed by atoms with E-state index in [0.717, 1.165) is 22.4 Å². The van der Waals surface area contributed by atoms with E-state index < -0.39 is 0 Å². The molecule has 2 unspecified atom stereocenters. The Balaban J connectivity index is 2.13. The predicted molar refractivity (Wildman–Crippen MR) is 74.4 cm³/mol. The summed E-state index contributed by atoms with van der Waals surface area (Å²) in [5, 5.41) is 3.01. The van der Waals surface area contributed by atoms with Crippen LogP contribution in [0.1, 0.15) is 23.5 Å². The summed E-state index contributed by atoms with van der Waals surface area (Å²) < 4.78 is 0.918. The molecule has 1 aromatic rings. The Morgan fingerprint density at radius 1 is 1.44 bits per heavy atom. The van der Waals surface area contributed by atoms with Gasteiger partial charge in [0.15, 0.2) is 0 Å². The maximum atomic E-state index is 12.3. The van der Waals surface area contributed by atoms with Gasteiger partial charge in [0.05, 0.1) is 0 Å². The maximum absolute atomic E-state index is 12.3. The van der Waals surface area contributed by atoms with E-state index in [4.69, 9.17) is 0 Å². The van der Waals surface area contributed by atoms with Gasteiger partial charge in [0, 0.05) is 28.1 Å². The number of thioether (sulfide) groups is 1. The van der Waals surface area contributed by atoms with Crippen LogP contribution in [0, 0.1) is 0 Å². The monoisotopic (exact) mass is 319 g/mol. The summed E-state index contributed by atoms with van der Waals surface area (Å²) in [5.41, 5.74) is 0. The minimum atomic E-state index is 0.167. The first-order valence-corrected chi connectivity index (χ1v) is 7.87. The summed E-state index contributed by atoms with van der Waals surface area (Å²) in [4.78, 5) is 15.1. The number of amides is 1. The molecule has 0 saturated carbocycles. The van der Waals surface area contributed by atoms with Crippen molar-refractivity contribution in [1.29, 1.82) is 0 Å². The van der Waals surface area contributed by atoms with Crippen LogP contribution in [0.15, 0.2) is 15.9 Å². The van der Waals surface area contributed by atoms with Crippen molar-refractivity contribution in [2.75, 3.05) is 13.1 Å². The Kier molecular flexibility index (Phi) is 3.97. The molecule has 0 bridgehead atoms. The van der Waals surface area contributed by atoms with Crippen LogP contribution >= 0.6 is 39.0 Å². The molecular formula is C11H14BrNOS2. The summed E-state index contributed by atoms with van der Waals surface area (Å²) >= 11 is 6.89. The molecule has 2 atom stereocenters. The summed E-state index contributed by atoms with van der Waals surface area (Å²) in [6.07, 6.45) is 0. The molecule has 1 amide bonds. The fourth-order valence-corrected chi connectivity index (χ4v) is 4.77. The minimum absolute atomic E-state index is 0.167. The maximum Gasteiger partial charge on any atom is 0.265 e. The summed E-state index contributed by atoms with van der Waals surface area (Å²) in [5.74, 6) is 0.167. The van der Waals surface area contributed by atoms with Crippen LogP contribution in [0.2, 0.25) is 0 Å². The third-order valence-electron chi connectivity index (χ3n) is 2.52. The zero-order chi connectivity index (χ0) is 11.7. The predicted octanol–water partition coefficient (Wildman–Crippen LogP) is 3.48. The highest BCUT2D eigenvalue weighted by Crippen LogP contribution is 2.29. The molecule has 88 valence electrons. The van der Waals surface area contributed by atoms with E-state index in [2.05, 4.69) is 29.8 Å².